The summed E-state index contributed by atoms with van der Waals surface area (Å²) in [6, 6.07) is 19.9. The lowest BCUT2D eigenvalue weighted by atomic mass is 9.87. The summed E-state index contributed by atoms with van der Waals surface area (Å²) in [5.41, 5.74) is 2.56. The first-order valence-electron chi connectivity index (χ1n) is 14.4. The van der Waals surface area contributed by atoms with E-state index < -0.39 is 5.97 Å². The molecule has 6 nitrogen and oxygen atoms in total. The Morgan fingerprint density at radius 1 is 1.00 bits per heavy atom. The van der Waals surface area contributed by atoms with Crippen LogP contribution in [0, 0.1) is 5.92 Å². The molecule has 0 N–H and O–H groups in total. The number of pyridine rings is 1. The molecule has 0 radical (unpaired) electrons. The largest absolute Gasteiger partial charge is 0.468 e. The zero-order valence-corrected chi connectivity index (χ0v) is 27.0. The monoisotopic (exact) mass is 648 g/mol. The minimum Gasteiger partial charge on any atom is -0.468 e. The van der Waals surface area contributed by atoms with Gasteiger partial charge in [0.1, 0.15) is 23.7 Å². The van der Waals surface area contributed by atoms with Gasteiger partial charge in [-0.1, -0.05) is 64.7 Å². The lowest BCUT2D eigenvalue weighted by Crippen LogP contribution is -2.36. The van der Waals surface area contributed by atoms with Crippen LogP contribution in [-0.4, -0.2) is 35.4 Å². The summed E-state index contributed by atoms with van der Waals surface area (Å²) in [4.78, 5) is 33.6. The molecule has 0 atom stereocenters. The van der Waals surface area contributed by atoms with Gasteiger partial charge in [-0.2, -0.15) is 0 Å². The van der Waals surface area contributed by atoms with Crippen molar-refractivity contribution >= 4 is 49.9 Å². The van der Waals surface area contributed by atoms with Crippen LogP contribution in [0.3, 0.4) is 0 Å². The summed E-state index contributed by atoms with van der Waals surface area (Å²) in [7, 11) is 1.33. The molecule has 0 spiro atoms. The van der Waals surface area contributed by atoms with Gasteiger partial charge in [-0.25, -0.2) is 4.98 Å². The average molecular weight is 650 g/mol. The van der Waals surface area contributed by atoms with Gasteiger partial charge in [0.05, 0.1) is 17.4 Å². The molecular formula is C34H37BrN2O4S. The van der Waals surface area contributed by atoms with Crippen LogP contribution >= 0.6 is 27.3 Å². The highest BCUT2D eigenvalue weighted by atomic mass is 79.9. The topological polar surface area (TPSA) is 68.7 Å². The van der Waals surface area contributed by atoms with E-state index >= 15 is 0 Å². The number of hydrogen-bond acceptors (Lipinski definition) is 6. The van der Waals surface area contributed by atoms with E-state index in [1.165, 1.54) is 54.6 Å². The van der Waals surface area contributed by atoms with Crippen molar-refractivity contribution in [1.29, 1.82) is 0 Å². The molecule has 1 aliphatic rings. The van der Waals surface area contributed by atoms with Crippen LogP contribution in [0.2, 0.25) is 0 Å². The Morgan fingerprint density at radius 3 is 2.36 bits per heavy atom. The van der Waals surface area contributed by atoms with E-state index in [1.807, 2.05) is 48.5 Å². The Hall–Kier alpha value is -3.23. The minimum absolute atomic E-state index is 0.0739. The number of carbonyl (C=O) groups is 2. The van der Waals surface area contributed by atoms with Gasteiger partial charge in [0.15, 0.2) is 0 Å². The van der Waals surface area contributed by atoms with Crippen molar-refractivity contribution in [3.05, 3.63) is 86.3 Å². The van der Waals surface area contributed by atoms with Crippen molar-refractivity contribution in [3.63, 3.8) is 0 Å². The maximum absolute atomic E-state index is 13.9. The molecule has 2 heterocycles. The van der Waals surface area contributed by atoms with E-state index in [2.05, 4.69) is 48.8 Å². The first kappa shape index (κ1) is 30.2. The Balaban J connectivity index is 1.48. The third kappa shape index (κ3) is 7.39. The number of aromatic nitrogens is 1. The molecule has 8 heteroatoms. The molecule has 5 rings (SSSR count). The van der Waals surface area contributed by atoms with Gasteiger partial charge >= 0.3 is 5.97 Å². The highest BCUT2D eigenvalue weighted by molar-refractivity contribution is 9.11. The molecule has 1 fully saturated rings. The summed E-state index contributed by atoms with van der Waals surface area (Å²) in [6.45, 7) is 6.73. The molecule has 220 valence electrons. The summed E-state index contributed by atoms with van der Waals surface area (Å²) in [6.07, 6.45) is 5.59. The van der Waals surface area contributed by atoms with E-state index in [1.54, 1.807) is 0 Å². The normalized spacial score (nSPS) is 13.8. The van der Waals surface area contributed by atoms with Crippen molar-refractivity contribution < 1.29 is 19.1 Å². The van der Waals surface area contributed by atoms with E-state index in [-0.39, 0.29) is 17.9 Å². The minimum atomic E-state index is -0.469. The molecule has 0 aliphatic heterocycles. The Kier molecular flexibility index (Phi) is 9.33. The predicted molar refractivity (Wildman–Crippen MR) is 171 cm³/mol. The molecule has 0 unspecified atom stereocenters. The van der Waals surface area contributed by atoms with E-state index in [4.69, 9.17) is 14.5 Å². The van der Waals surface area contributed by atoms with Crippen molar-refractivity contribution in [3.8, 4) is 11.5 Å². The summed E-state index contributed by atoms with van der Waals surface area (Å²) >= 11 is 5.02. The maximum atomic E-state index is 13.9. The number of carbonyl (C=O) groups excluding carboxylic acids is 2. The molecule has 0 saturated heterocycles. The van der Waals surface area contributed by atoms with Crippen LogP contribution in [0.15, 0.2) is 64.5 Å². The number of fused-ring (bicyclic) bond motifs is 1. The number of amides is 1. The molecule has 2 aromatic carbocycles. The zero-order chi connectivity index (χ0) is 29.9. The van der Waals surface area contributed by atoms with Crippen LogP contribution in [0.5, 0.6) is 11.5 Å². The third-order valence-electron chi connectivity index (χ3n) is 7.83. The van der Waals surface area contributed by atoms with Gasteiger partial charge in [0.25, 0.3) is 5.91 Å². The van der Waals surface area contributed by atoms with Gasteiger partial charge < -0.3 is 14.4 Å². The number of halogens is 1. The zero-order valence-electron chi connectivity index (χ0n) is 24.6. The number of hydrogen-bond donors (Lipinski definition) is 0. The van der Waals surface area contributed by atoms with Gasteiger partial charge in [-0.15, -0.1) is 11.3 Å². The fraction of sp³-hybridized carbons (Fsp3) is 0.382. The van der Waals surface area contributed by atoms with E-state index in [0.29, 0.717) is 18.2 Å². The standard InChI is InChI=1S/C34H37BrN2O4S/c1-34(2,3)24-10-13-25(14-11-24)41-26-12-9-23-18-30(36-29(28(23)19-26)17-22-7-5-6-8-22)33(39)37(21-32(38)40-4)20-27-15-16-31(35)42-27/h9-16,18-19,22H,5-8,17,20-21H2,1-4H3. The van der Waals surface area contributed by atoms with Crippen molar-refractivity contribution in [2.75, 3.05) is 13.7 Å². The lowest BCUT2D eigenvalue weighted by Gasteiger charge is -2.22. The summed E-state index contributed by atoms with van der Waals surface area (Å²) in [5, 5.41) is 1.91. The van der Waals surface area contributed by atoms with Crippen LogP contribution in [0.4, 0.5) is 0 Å². The number of thiophene rings is 1. The highest BCUT2D eigenvalue weighted by Gasteiger charge is 2.25. The number of methoxy groups -OCH3 is 1. The number of ether oxygens (including phenoxy) is 2. The molecule has 42 heavy (non-hydrogen) atoms. The van der Waals surface area contributed by atoms with Crippen LogP contribution in [-0.2, 0) is 27.9 Å². The first-order chi connectivity index (χ1) is 20.1. The number of nitrogens with zero attached hydrogens (tertiary/aromatic N) is 2. The summed E-state index contributed by atoms with van der Waals surface area (Å²) < 4.78 is 12.1. The predicted octanol–water partition coefficient (Wildman–Crippen LogP) is 8.70. The highest BCUT2D eigenvalue weighted by Crippen LogP contribution is 2.34. The van der Waals surface area contributed by atoms with Crippen molar-refractivity contribution in [2.45, 2.75) is 64.8 Å². The van der Waals surface area contributed by atoms with Crippen LogP contribution < -0.4 is 4.74 Å². The molecule has 1 saturated carbocycles. The number of esters is 1. The molecule has 4 aromatic rings. The molecule has 1 amide bonds. The Morgan fingerprint density at radius 2 is 1.71 bits per heavy atom. The van der Waals surface area contributed by atoms with Gasteiger partial charge in [-0.3, -0.25) is 9.59 Å². The second kappa shape index (κ2) is 13.0. The molecule has 1 aliphatic carbocycles. The smallest absolute Gasteiger partial charge is 0.325 e. The Labute approximate surface area is 260 Å². The van der Waals surface area contributed by atoms with Gasteiger partial charge in [0.2, 0.25) is 0 Å². The number of benzene rings is 2. The maximum Gasteiger partial charge on any atom is 0.325 e. The third-order valence-corrected chi connectivity index (χ3v) is 9.43. The fourth-order valence-corrected chi connectivity index (χ4v) is 6.98. The summed E-state index contributed by atoms with van der Waals surface area (Å²) in [5.74, 6) is 1.28. The number of rotatable bonds is 9. The average Bonchev–Trinajstić information content (AvgIpc) is 3.63. The second-order valence-corrected chi connectivity index (χ2v) is 14.6. The van der Waals surface area contributed by atoms with Gasteiger partial charge in [0, 0.05) is 16.0 Å². The SMILES string of the molecule is COC(=O)CN(Cc1ccc(Br)s1)C(=O)c1cc2ccc(Oc3ccc(C(C)(C)C)cc3)cc2c(CC2CCCC2)n1. The van der Waals surface area contributed by atoms with Gasteiger partial charge in [-0.05, 0) is 87.1 Å². The van der Waals surface area contributed by atoms with E-state index in [9.17, 15) is 9.59 Å². The molecule has 2 aromatic heterocycles. The van der Waals surface area contributed by atoms with Crippen LogP contribution in [0.1, 0.15) is 73.1 Å². The van der Waals surface area contributed by atoms with Crippen molar-refractivity contribution in [1.82, 2.24) is 9.88 Å². The fourth-order valence-electron chi connectivity index (χ4n) is 5.48. The van der Waals surface area contributed by atoms with E-state index in [0.717, 1.165) is 43.0 Å². The molecule has 0 bridgehead atoms. The lowest BCUT2D eigenvalue weighted by molar-refractivity contribution is -0.141. The Bertz CT molecular complexity index is 1570. The van der Waals surface area contributed by atoms with Crippen LogP contribution in [0.25, 0.3) is 10.8 Å². The second-order valence-electron chi connectivity index (χ2n) is 12.0. The molecular weight excluding hydrogens is 612 g/mol. The van der Waals surface area contributed by atoms with Crippen molar-refractivity contribution in [2.24, 2.45) is 5.92 Å². The first-order valence-corrected chi connectivity index (χ1v) is 16.0. The quantitative estimate of drug-likeness (QED) is 0.170.